The average molecular weight is 667 g/mol. The Hall–Kier alpha value is -4.90. The van der Waals surface area contributed by atoms with Crippen molar-refractivity contribution in [3.63, 3.8) is 0 Å². The van der Waals surface area contributed by atoms with Crippen molar-refractivity contribution < 1.29 is 36.8 Å². The molecule has 2 fully saturated rings. The fraction of sp³-hybridized carbons (Fsp3) is 0.441. The molecule has 14 heteroatoms. The number of benzene rings is 2. The van der Waals surface area contributed by atoms with Crippen LogP contribution in [0.2, 0.25) is 0 Å². The maximum absolute atomic E-state index is 13.8. The summed E-state index contributed by atoms with van der Waals surface area (Å²) in [7, 11) is 0. The van der Waals surface area contributed by atoms with Gasteiger partial charge in [-0.2, -0.15) is 18.4 Å². The van der Waals surface area contributed by atoms with Crippen molar-refractivity contribution >= 4 is 40.2 Å². The number of hydrogen-bond acceptors (Lipinski definition) is 8. The minimum atomic E-state index is -4.58. The Morgan fingerprint density at radius 2 is 1.69 bits per heavy atom. The summed E-state index contributed by atoms with van der Waals surface area (Å²) in [5, 5.41) is 19.3. The zero-order valence-electron chi connectivity index (χ0n) is 26.4. The van der Waals surface area contributed by atoms with E-state index < -0.39 is 42.5 Å². The Morgan fingerprint density at radius 1 is 1.00 bits per heavy atom. The first-order valence-electron chi connectivity index (χ1n) is 15.9. The van der Waals surface area contributed by atoms with E-state index >= 15 is 0 Å². The Labute approximate surface area is 275 Å². The summed E-state index contributed by atoms with van der Waals surface area (Å²) < 4.78 is 43.3. The first-order chi connectivity index (χ1) is 22.9. The van der Waals surface area contributed by atoms with Crippen molar-refractivity contribution in [2.75, 3.05) is 38.0 Å². The third-order valence-electron chi connectivity index (χ3n) is 8.54. The Kier molecular flexibility index (Phi) is 10.7. The fourth-order valence-corrected chi connectivity index (χ4v) is 6.06. The van der Waals surface area contributed by atoms with E-state index in [-0.39, 0.29) is 29.5 Å². The zero-order valence-corrected chi connectivity index (χ0v) is 26.4. The van der Waals surface area contributed by atoms with Crippen LogP contribution in [-0.4, -0.2) is 84.4 Å². The van der Waals surface area contributed by atoms with Gasteiger partial charge in [-0.05, 0) is 75.4 Å². The molecule has 11 nitrogen and oxygen atoms in total. The monoisotopic (exact) mass is 666 g/mol. The molecule has 3 heterocycles. The second-order valence-corrected chi connectivity index (χ2v) is 12.1. The first kappa shape index (κ1) is 34.4. The van der Waals surface area contributed by atoms with E-state index in [0.29, 0.717) is 55.9 Å². The topological polar surface area (TPSA) is 148 Å². The van der Waals surface area contributed by atoms with Crippen LogP contribution in [0.5, 0.6) is 0 Å². The van der Waals surface area contributed by atoms with E-state index in [1.165, 1.54) is 29.2 Å². The van der Waals surface area contributed by atoms with Gasteiger partial charge >= 0.3 is 6.18 Å². The van der Waals surface area contributed by atoms with Crippen molar-refractivity contribution in [2.24, 2.45) is 5.92 Å². The summed E-state index contributed by atoms with van der Waals surface area (Å²) in [6.07, 6.45) is -2.02. The standard InChI is InChI=1S/C34H37F3N6O5/c1-21-16-24-17-25(11-12-28(24)48-21)40-31(41-27-6-2-3-15-43(33(27)47)19-29(44)42-13-4-5-14-42)26(18-38)30(45)22-7-9-23(10-8-22)32(46)39-20-34(35,36)37/h7-12,16-17,26-27,31,40-41H,2-6,13-15,19-20H2,1H3,(H,39,46)/t26?,27-,31?/m0/s1. The molecule has 48 heavy (non-hydrogen) atoms. The highest BCUT2D eigenvalue weighted by Crippen LogP contribution is 2.25. The van der Waals surface area contributed by atoms with Crippen molar-refractivity contribution in [3.8, 4) is 6.07 Å². The number of nitriles is 1. The summed E-state index contributed by atoms with van der Waals surface area (Å²) in [5.41, 5.74) is 1.15. The number of fused-ring (bicyclic) bond motifs is 1. The van der Waals surface area contributed by atoms with Crippen LogP contribution >= 0.6 is 0 Å². The number of carbonyl (C=O) groups is 4. The molecule has 3 aromatic rings. The van der Waals surface area contributed by atoms with Crippen LogP contribution < -0.4 is 16.0 Å². The van der Waals surface area contributed by atoms with E-state index in [1.807, 2.05) is 13.0 Å². The summed E-state index contributed by atoms with van der Waals surface area (Å²) in [4.78, 5) is 56.0. The molecule has 3 atom stereocenters. The number of Topliss-reactive ketones (excluding diaryl/α,β-unsaturated/α-hetero) is 1. The highest BCUT2D eigenvalue weighted by molar-refractivity contribution is 6.01. The van der Waals surface area contributed by atoms with Gasteiger partial charge in [-0.25, -0.2) is 0 Å². The third kappa shape index (κ3) is 8.51. The molecule has 2 aromatic carbocycles. The van der Waals surface area contributed by atoms with Gasteiger partial charge < -0.3 is 24.9 Å². The molecule has 0 radical (unpaired) electrons. The SMILES string of the molecule is Cc1cc2cc(NC(N[C@H]3CCCCN(CC(=O)N4CCCC4)C3=O)C(C#N)C(=O)c3ccc(C(=O)NCC(F)(F)F)cc3)ccc2o1. The number of anilines is 1. The van der Waals surface area contributed by atoms with E-state index in [9.17, 15) is 37.6 Å². The first-order valence-corrected chi connectivity index (χ1v) is 15.9. The number of nitrogens with zero attached hydrogens (tertiary/aromatic N) is 3. The maximum Gasteiger partial charge on any atom is 0.405 e. The number of halogens is 3. The number of hydrogen-bond donors (Lipinski definition) is 3. The Morgan fingerprint density at radius 3 is 2.38 bits per heavy atom. The van der Waals surface area contributed by atoms with Gasteiger partial charge in [0.2, 0.25) is 11.8 Å². The molecule has 0 aliphatic carbocycles. The van der Waals surface area contributed by atoms with Crippen LogP contribution in [0, 0.1) is 24.2 Å². The largest absolute Gasteiger partial charge is 0.461 e. The van der Waals surface area contributed by atoms with Gasteiger partial charge in [0.1, 0.15) is 30.0 Å². The van der Waals surface area contributed by atoms with Crippen molar-refractivity contribution in [2.45, 2.75) is 57.4 Å². The molecule has 2 aliphatic rings. The minimum absolute atomic E-state index is 0.0465. The van der Waals surface area contributed by atoms with Crippen LogP contribution in [0.3, 0.4) is 0 Å². The molecular formula is C34H37F3N6O5. The number of amides is 3. The molecule has 3 amide bonds. The van der Waals surface area contributed by atoms with Crippen molar-refractivity contribution in [1.82, 2.24) is 20.4 Å². The molecule has 2 saturated heterocycles. The molecule has 1 aromatic heterocycles. The van der Waals surface area contributed by atoms with Gasteiger partial charge in [-0.15, -0.1) is 0 Å². The molecule has 5 rings (SSSR count). The number of nitrogens with one attached hydrogen (secondary N) is 3. The smallest absolute Gasteiger partial charge is 0.405 e. The second-order valence-electron chi connectivity index (χ2n) is 12.1. The molecule has 0 spiro atoms. The van der Waals surface area contributed by atoms with Crippen molar-refractivity contribution in [1.29, 1.82) is 5.26 Å². The predicted octanol–water partition coefficient (Wildman–Crippen LogP) is 4.39. The number of aryl methyl sites for hydroxylation is 1. The van der Waals surface area contributed by atoms with Crippen LogP contribution in [0.4, 0.5) is 18.9 Å². The number of likely N-dealkylation sites (tertiary alicyclic amines) is 2. The lowest BCUT2D eigenvalue weighted by molar-refractivity contribution is -0.140. The average Bonchev–Trinajstić information content (AvgIpc) is 3.69. The minimum Gasteiger partial charge on any atom is -0.461 e. The summed E-state index contributed by atoms with van der Waals surface area (Å²) in [6.45, 7) is 2.01. The molecule has 0 bridgehead atoms. The van der Waals surface area contributed by atoms with Crippen LogP contribution in [-0.2, 0) is 9.59 Å². The predicted molar refractivity (Wildman–Crippen MR) is 170 cm³/mol. The molecule has 2 aliphatic heterocycles. The second kappa shape index (κ2) is 14.9. The maximum atomic E-state index is 13.8. The molecule has 0 saturated carbocycles. The molecular weight excluding hydrogens is 629 g/mol. The summed E-state index contributed by atoms with van der Waals surface area (Å²) in [6, 6.07) is 13.3. The fourth-order valence-electron chi connectivity index (χ4n) is 6.06. The molecule has 3 N–H and O–H groups in total. The number of alkyl halides is 3. The lowest BCUT2D eigenvalue weighted by atomic mass is 9.94. The Bertz CT molecular complexity index is 1690. The quantitative estimate of drug-likeness (QED) is 0.202. The van der Waals surface area contributed by atoms with Gasteiger partial charge in [-0.1, -0.05) is 12.1 Å². The number of rotatable bonds is 11. The number of furan rings is 1. The Balaban J connectivity index is 1.38. The third-order valence-corrected chi connectivity index (χ3v) is 8.54. The summed E-state index contributed by atoms with van der Waals surface area (Å²) >= 11 is 0. The number of ketones is 1. The molecule has 254 valence electrons. The van der Waals surface area contributed by atoms with E-state index in [0.717, 1.165) is 18.2 Å². The lowest BCUT2D eigenvalue weighted by Gasteiger charge is -2.31. The van der Waals surface area contributed by atoms with Gasteiger partial charge in [0.25, 0.3) is 5.91 Å². The van der Waals surface area contributed by atoms with Gasteiger partial charge in [0, 0.05) is 41.8 Å². The van der Waals surface area contributed by atoms with Crippen molar-refractivity contribution in [3.05, 3.63) is 65.4 Å². The van der Waals surface area contributed by atoms with Crippen LogP contribution in [0.25, 0.3) is 11.0 Å². The zero-order chi connectivity index (χ0) is 34.4. The van der Waals surface area contributed by atoms with Gasteiger partial charge in [-0.3, -0.25) is 24.5 Å². The van der Waals surface area contributed by atoms with Crippen LogP contribution in [0.15, 0.2) is 52.9 Å². The summed E-state index contributed by atoms with van der Waals surface area (Å²) in [5.74, 6) is -2.69. The van der Waals surface area contributed by atoms with Gasteiger partial charge in [0.05, 0.1) is 18.7 Å². The van der Waals surface area contributed by atoms with E-state index in [1.54, 1.807) is 28.4 Å². The highest BCUT2D eigenvalue weighted by Gasteiger charge is 2.36. The van der Waals surface area contributed by atoms with Crippen LogP contribution in [0.1, 0.15) is 58.6 Å². The number of carbonyl (C=O) groups excluding carboxylic acids is 4. The molecule has 2 unspecified atom stereocenters. The van der Waals surface area contributed by atoms with Gasteiger partial charge in [0.15, 0.2) is 5.78 Å². The van der Waals surface area contributed by atoms with E-state index in [4.69, 9.17) is 4.42 Å². The lowest BCUT2D eigenvalue weighted by Crippen LogP contribution is -2.55. The highest BCUT2D eigenvalue weighted by atomic mass is 19.4. The normalized spacial score (nSPS) is 18.2. The van der Waals surface area contributed by atoms with E-state index in [2.05, 4.69) is 16.7 Å².